The number of nitrogens with one attached hydrogen (secondary N) is 2. The van der Waals surface area contributed by atoms with E-state index in [0.717, 1.165) is 0 Å². The standard InChI is InChI=1S/C12H12F4N2O/c13-11(6-7-11)10(12(14,15)16)18-17-9(19)8-4-2-1-3-5-8/h1-5,10,18H,6-7H2,(H,17,19). The van der Waals surface area contributed by atoms with Gasteiger partial charge in [0.25, 0.3) is 5.91 Å². The lowest BCUT2D eigenvalue weighted by molar-refractivity contribution is -0.175. The van der Waals surface area contributed by atoms with Crippen LogP contribution in [0.4, 0.5) is 17.6 Å². The molecule has 104 valence electrons. The van der Waals surface area contributed by atoms with Crippen LogP contribution in [0.1, 0.15) is 23.2 Å². The molecule has 1 atom stereocenters. The lowest BCUT2D eigenvalue weighted by Gasteiger charge is -2.24. The number of halogens is 4. The molecule has 0 bridgehead atoms. The fourth-order valence-electron chi connectivity index (χ4n) is 1.71. The molecule has 3 nitrogen and oxygen atoms in total. The number of rotatable bonds is 4. The molecule has 19 heavy (non-hydrogen) atoms. The van der Waals surface area contributed by atoms with Crippen molar-refractivity contribution < 1.29 is 22.4 Å². The molecule has 1 aliphatic carbocycles. The highest BCUT2D eigenvalue weighted by atomic mass is 19.4. The number of carbonyl (C=O) groups excluding carboxylic acids is 1. The van der Waals surface area contributed by atoms with Gasteiger partial charge in [-0.15, -0.1) is 0 Å². The third-order valence-corrected chi connectivity index (χ3v) is 2.94. The molecule has 0 saturated heterocycles. The molecule has 2 N–H and O–H groups in total. The predicted molar refractivity (Wildman–Crippen MR) is 60.0 cm³/mol. The molecule has 0 aliphatic heterocycles. The maximum Gasteiger partial charge on any atom is 0.408 e. The van der Waals surface area contributed by atoms with Crippen LogP contribution in [-0.4, -0.2) is 23.8 Å². The third kappa shape index (κ3) is 3.23. The molecule has 0 aromatic heterocycles. The number of hydrogen-bond donors (Lipinski definition) is 2. The van der Waals surface area contributed by atoms with Gasteiger partial charge >= 0.3 is 6.18 Å². The zero-order chi connectivity index (χ0) is 14.1. The van der Waals surface area contributed by atoms with Gasteiger partial charge in [-0.05, 0) is 25.0 Å². The minimum atomic E-state index is -4.75. The lowest BCUT2D eigenvalue weighted by atomic mass is 10.1. The molecular weight excluding hydrogens is 264 g/mol. The Morgan fingerprint density at radius 1 is 1.21 bits per heavy atom. The highest BCUT2D eigenvalue weighted by Gasteiger charge is 2.61. The zero-order valence-electron chi connectivity index (χ0n) is 9.80. The first kappa shape index (κ1) is 13.8. The number of carbonyl (C=O) groups is 1. The molecule has 1 aliphatic rings. The summed E-state index contributed by atoms with van der Waals surface area (Å²) in [5.41, 5.74) is 1.54. The van der Waals surface area contributed by atoms with Crippen molar-refractivity contribution in [2.75, 3.05) is 0 Å². The average molecular weight is 276 g/mol. The van der Waals surface area contributed by atoms with E-state index in [1.54, 1.807) is 23.6 Å². The van der Waals surface area contributed by atoms with Crippen LogP contribution >= 0.6 is 0 Å². The van der Waals surface area contributed by atoms with Crippen molar-refractivity contribution in [3.63, 3.8) is 0 Å². The summed E-state index contributed by atoms with van der Waals surface area (Å²) in [6.07, 6.45) is -5.08. The maximum atomic E-state index is 13.6. The van der Waals surface area contributed by atoms with E-state index < -0.39 is 23.8 Å². The molecular formula is C12H12F4N2O. The molecule has 2 rings (SSSR count). The highest BCUT2D eigenvalue weighted by Crippen LogP contribution is 2.47. The Kier molecular flexibility index (Phi) is 3.49. The number of amides is 1. The van der Waals surface area contributed by atoms with Gasteiger partial charge < -0.3 is 0 Å². The molecule has 1 aromatic rings. The van der Waals surface area contributed by atoms with Crippen LogP contribution in [0.25, 0.3) is 0 Å². The quantitative estimate of drug-likeness (QED) is 0.654. The van der Waals surface area contributed by atoms with Gasteiger partial charge in [-0.2, -0.15) is 13.2 Å². The average Bonchev–Trinajstić information content (AvgIpc) is 3.07. The van der Waals surface area contributed by atoms with E-state index in [1.165, 1.54) is 12.1 Å². The van der Waals surface area contributed by atoms with Crippen molar-refractivity contribution in [1.29, 1.82) is 0 Å². The Morgan fingerprint density at radius 2 is 1.79 bits per heavy atom. The second-order valence-electron chi connectivity index (χ2n) is 4.47. The van der Waals surface area contributed by atoms with Gasteiger partial charge in [-0.1, -0.05) is 18.2 Å². The van der Waals surface area contributed by atoms with E-state index in [-0.39, 0.29) is 18.4 Å². The summed E-state index contributed by atoms with van der Waals surface area (Å²) < 4.78 is 51.5. The van der Waals surface area contributed by atoms with Gasteiger partial charge in [0.05, 0.1) is 0 Å². The van der Waals surface area contributed by atoms with Crippen molar-refractivity contribution in [1.82, 2.24) is 10.9 Å². The summed E-state index contributed by atoms with van der Waals surface area (Å²) in [7, 11) is 0. The summed E-state index contributed by atoms with van der Waals surface area (Å²) in [5.74, 6) is -0.737. The Labute approximate surface area is 107 Å². The van der Waals surface area contributed by atoms with Crippen molar-refractivity contribution in [2.24, 2.45) is 0 Å². The van der Waals surface area contributed by atoms with Crippen LogP contribution in [0.3, 0.4) is 0 Å². The van der Waals surface area contributed by atoms with Crippen molar-refractivity contribution in [3.05, 3.63) is 35.9 Å². The number of hydrazine groups is 1. The SMILES string of the molecule is O=C(NNC(C(F)(F)F)C1(F)CC1)c1ccccc1. The summed E-state index contributed by atoms with van der Waals surface area (Å²) in [6, 6.07) is 5.34. The molecule has 1 saturated carbocycles. The summed E-state index contributed by atoms with van der Waals surface area (Å²) in [6.45, 7) is 0. The third-order valence-electron chi connectivity index (χ3n) is 2.94. The Bertz CT molecular complexity index is 451. The van der Waals surface area contributed by atoms with Gasteiger partial charge in [0, 0.05) is 5.56 Å². The van der Waals surface area contributed by atoms with Gasteiger partial charge in [-0.3, -0.25) is 10.2 Å². The van der Waals surface area contributed by atoms with Crippen LogP contribution in [0.5, 0.6) is 0 Å². The minimum absolute atomic E-state index is 0.161. The van der Waals surface area contributed by atoms with E-state index >= 15 is 0 Å². The molecule has 0 radical (unpaired) electrons. The Morgan fingerprint density at radius 3 is 2.26 bits per heavy atom. The minimum Gasteiger partial charge on any atom is -0.287 e. The van der Waals surface area contributed by atoms with E-state index in [1.807, 2.05) is 5.43 Å². The number of alkyl halides is 4. The van der Waals surface area contributed by atoms with Crippen molar-refractivity contribution >= 4 is 5.91 Å². The number of benzene rings is 1. The van der Waals surface area contributed by atoms with Crippen LogP contribution in [0.2, 0.25) is 0 Å². The Balaban J connectivity index is 1.99. The Hall–Kier alpha value is -1.63. The highest BCUT2D eigenvalue weighted by molar-refractivity contribution is 5.93. The van der Waals surface area contributed by atoms with Crippen LogP contribution < -0.4 is 10.9 Å². The topological polar surface area (TPSA) is 41.1 Å². The fourth-order valence-corrected chi connectivity index (χ4v) is 1.71. The second kappa shape index (κ2) is 4.80. The van der Waals surface area contributed by atoms with E-state index in [0.29, 0.717) is 0 Å². The molecule has 1 aromatic carbocycles. The lowest BCUT2D eigenvalue weighted by Crippen LogP contribution is -2.56. The smallest absolute Gasteiger partial charge is 0.287 e. The molecule has 0 spiro atoms. The van der Waals surface area contributed by atoms with E-state index in [9.17, 15) is 22.4 Å². The molecule has 0 heterocycles. The first-order chi connectivity index (χ1) is 8.83. The fraction of sp³-hybridized carbons (Fsp3) is 0.417. The van der Waals surface area contributed by atoms with Crippen LogP contribution in [0, 0.1) is 0 Å². The molecule has 7 heteroatoms. The number of hydrogen-bond acceptors (Lipinski definition) is 2. The van der Waals surface area contributed by atoms with Gasteiger partial charge in [0.2, 0.25) is 0 Å². The van der Waals surface area contributed by atoms with Gasteiger partial charge in [0.1, 0.15) is 5.67 Å². The molecule has 1 unspecified atom stereocenters. The van der Waals surface area contributed by atoms with Crippen molar-refractivity contribution in [3.8, 4) is 0 Å². The predicted octanol–water partition coefficient (Wildman–Crippen LogP) is 2.35. The van der Waals surface area contributed by atoms with Crippen molar-refractivity contribution in [2.45, 2.75) is 30.7 Å². The normalized spacial score (nSPS) is 18.7. The zero-order valence-corrected chi connectivity index (χ0v) is 9.80. The summed E-state index contributed by atoms with van der Waals surface area (Å²) >= 11 is 0. The van der Waals surface area contributed by atoms with Gasteiger partial charge in [-0.25, -0.2) is 9.82 Å². The first-order valence-electron chi connectivity index (χ1n) is 5.69. The van der Waals surface area contributed by atoms with Crippen LogP contribution in [-0.2, 0) is 0 Å². The van der Waals surface area contributed by atoms with E-state index in [4.69, 9.17) is 0 Å². The molecule has 1 fully saturated rings. The maximum absolute atomic E-state index is 13.6. The monoisotopic (exact) mass is 276 g/mol. The molecule has 1 amide bonds. The first-order valence-corrected chi connectivity index (χ1v) is 5.69. The van der Waals surface area contributed by atoms with Gasteiger partial charge in [0.15, 0.2) is 6.04 Å². The van der Waals surface area contributed by atoms with Crippen LogP contribution in [0.15, 0.2) is 30.3 Å². The summed E-state index contributed by atoms with van der Waals surface area (Å²) in [4.78, 5) is 11.6. The second-order valence-corrected chi connectivity index (χ2v) is 4.47. The summed E-state index contributed by atoms with van der Waals surface area (Å²) in [5, 5.41) is 0. The van der Waals surface area contributed by atoms with E-state index in [2.05, 4.69) is 0 Å². The largest absolute Gasteiger partial charge is 0.408 e.